The zero-order valence-electron chi connectivity index (χ0n) is 15.7. The van der Waals surface area contributed by atoms with Gasteiger partial charge >= 0.3 is 0 Å². The Labute approximate surface area is 161 Å². The molecule has 1 unspecified atom stereocenters. The predicted molar refractivity (Wildman–Crippen MR) is 106 cm³/mol. The van der Waals surface area contributed by atoms with Gasteiger partial charge in [-0.2, -0.15) is 0 Å². The van der Waals surface area contributed by atoms with Crippen molar-refractivity contribution in [3.05, 3.63) is 51.9 Å². The summed E-state index contributed by atoms with van der Waals surface area (Å²) in [5, 5.41) is 5.77. The summed E-state index contributed by atoms with van der Waals surface area (Å²) in [6.45, 7) is 6.74. The number of aromatic nitrogens is 4. The monoisotopic (exact) mass is 380 g/mol. The van der Waals surface area contributed by atoms with E-state index < -0.39 is 0 Å². The lowest BCUT2D eigenvalue weighted by Crippen LogP contribution is -3.08. The minimum absolute atomic E-state index is 0.354. The average Bonchev–Trinajstić information content (AvgIpc) is 3.22. The van der Waals surface area contributed by atoms with Crippen LogP contribution in [0.15, 0.2) is 24.5 Å². The summed E-state index contributed by atoms with van der Waals surface area (Å²) in [6.07, 6.45) is 2.84. The van der Waals surface area contributed by atoms with Crippen LogP contribution in [0.5, 0.6) is 5.75 Å². The molecule has 138 valence electrons. The molecule has 0 spiro atoms. The Morgan fingerprint density at radius 3 is 3.07 bits per heavy atom. The number of rotatable bonds is 3. The second-order valence-corrected chi connectivity index (χ2v) is 8.43. The van der Waals surface area contributed by atoms with Crippen LogP contribution in [0.4, 0.5) is 0 Å². The highest BCUT2D eigenvalue weighted by Crippen LogP contribution is 2.33. The maximum absolute atomic E-state index is 5.99. The third-order valence-electron chi connectivity index (χ3n) is 5.43. The summed E-state index contributed by atoms with van der Waals surface area (Å²) in [6, 6.07) is 6.09. The number of hydrogen-bond donors (Lipinski definition) is 1. The fourth-order valence-electron chi connectivity index (χ4n) is 3.74. The van der Waals surface area contributed by atoms with E-state index in [1.165, 1.54) is 21.4 Å². The van der Waals surface area contributed by atoms with Crippen LogP contribution >= 0.6 is 11.3 Å². The highest BCUT2D eigenvalue weighted by Gasteiger charge is 2.24. The van der Waals surface area contributed by atoms with Crippen molar-refractivity contribution in [1.29, 1.82) is 0 Å². The Morgan fingerprint density at radius 2 is 2.19 bits per heavy atom. The standard InChI is InChI=1S/C20H21N5OS/c1-12-5-4-6-15(13(12)2)26-10-17-22-19-18-14-7-8-24(3)9-16(14)27-20(18)21-11-25(19)23-17/h4-6,11H,7-10H2,1-3H3/p+1. The first-order valence-corrected chi connectivity index (χ1v) is 10.1. The molecule has 1 N–H and O–H groups in total. The van der Waals surface area contributed by atoms with Crippen molar-refractivity contribution in [2.45, 2.75) is 33.4 Å². The molecule has 1 aliphatic rings. The smallest absolute Gasteiger partial charge is 0.189 e. The van der Waals surface area contributed by atoms with Gasteiger partial charge in [-0.15, -0.1) is 16.4 Å². The van der Waals surface area contributed by atoms with Crippen LogP contribution in [0.2, 0.25) is 0 Å². The molecule has 0 radical (unpaired) electrons. The van der Waals surface area contributed by atoms with E-state index in [1.807, 2.05) is 12.1 Å². The molecule has 3 aromatic heterocycles. The Kier molecular flexibility index (Phi) is 3.87. The molecule has 0 saturated carbocycles. The molecule has 27 heavy (non-hydrogen) atoms. The molecule has 4 heterocycles. The number of thiophene rings is 1. The summed E-state index contributed by atoms with van der Waals surface area (Å²) < 4.78 is 7.79. The number of benzene rings is 1. The predicted octanol–water partition coefficient (Wildman–Crippen LogP) is 2.11. The van der Waals surface area contributed by atoms with Gasteiger partial charge < -0.3 is 9.64 Å². The van der Waals surface area contributed by atoms with Crippen molar-refractivity contribution in [2.24, 2.45) is 0 Å². The largest absolute Gasteiger partial charge is 0.485 e. The molecule has 4 aromatic rings. The number of nitrogens with zero attached hydrogens (tertiary/aromatic N) is 4. The maximum Gasteiger partial charge on any atom is 0.189 e. The number of likely N-dealkylation sites (N-methyl/N-ethyl adjacent to an activating group) is 1. The van der Waals surface area contributed by atoms with Gasteiger partial charge in [0.15, 0.2) is 11.5 Å². The quantitative estimate of drug-likeness (QED) is 0.591. The van der Waals surface area contributed by atoms with Crippen molar-refractivity contribution in [3.8, 4) is 5.75 Å². The van der Waals surface area contributed by atoms with Crippen molar-refractivity contribution >= 4 is 27.2 Å². The summed E-state index contributed by atoms with van der Waals surface area (Å²) in [5.41, 5.74) is 4.69. The van der Waals surface area contributed by atoms with E-state index in [-0.39, 0.29) is 0 Å². The number of quaternary nitrogens is 1. The molecule has 0 aliphatic carbocycles. The number of nitrogens with one attached hydrogen (secondary N) is 1. The molecular formula is C20H22N5OS+. The molecule has 1 atom stereocenters. The Bertz CT molecular complexity index is 1160. The van der Waals surface area contributed by atoms with Gasteiger partial charge in [-0.05, 0) is 36.6 Å². The summed E-state index contributed by atoms with van der Waals surface area (Å²) in [4.78, 5) is 13.5. The lowest BCUT2D eigenvalue weighted by Gasteiger charge is -2.19. The molecule has 0 saturated heterocycles. The highest BCUT2D eigenvalue weighted by molar-refractivity contribution is 7.19. The second kappa shape index (κ2) is 6.28. The number of ether oxygens (including phenoxy) is 1. The van der Waals surface area contributed by atoms with Crippen molar-refractivity contribution < 1.29 is 9.64 Å². The third kappa shape index (κ3) is 2.78. The molecule has 1 aromatic carbocycles. The number of fused-ring (bicyclic) bond motifs is 5. The Hall–Kier alpha value is -2.51. The van der Waals surface area contributed by atoms with E-state index >= 15 is 0 Å². The second-order valence-electron chi connectivity index (χ2n) is 7.35. The first-order valence-electron chi connectivity index (χ1n) is 9.25. The Balaban J connectivity index is 1.52. The van der Waals surface area contributed by atoms with Crippen LogP contribution in [0.1, 0.15) is 27.4 Å². The van der Waals surface area contributed by atoms with Gasteiger partial charge in [-0.25, -0.2) is 14.5 Å². The van der Waals surface area contributed by atoms with E-state index in [0.717, 1.165) is 41.3 Å². The van der Waals surface area contributed by atoms with Crippen molar-refractivity contribution in [3.63, 3.8) is 0 Å². The van der Waals surface area contributed by atoms with Gasteiger partial charge in [0.25, 0.3) is 0 Å². The van der Waals surface area contributed by atoms with Crippen molar-refractivity contribution in [1.82, 2.24) is 19.6 Å². The first kappa shape index (κ1) is 16.6. The highest BCUT2D eigenvalue weighted by atomic mass is 32.1. The minimum atomic E-state index is 0.354. The Morgan fingerprint density at radius 1 is 1.30 bits per heavy atom. The summed E-state index contributed by atoms with van der Waals surface area (Å²) >= 11 is 1.80. The average molecular weight is 380 g/mol. The van der Waals surface area contributed by atoms with E-state index in [2.05, 4.69) is 37.0 Å². The first-order chi connectivity index (χ1) is 13.1. The van der Waals surface area contributed by atoms with E-state index in [9.17, 15) is 0 Å². The van der Waals surface area contributed by atoms with Crippen LogP contribution in [-0.4, -0.2) is 33.2 Å². The van der Waals surface area contributed by atoms with Crippen LogP contribution in [0.25, 0.3) is 15.9 Å². The van der Waals surface area contributed by atoms with Crippen LogP contribution in [0.3, 0.4) is 0 Å². The van der Waals surface area contributed by atoms with E-state index in [1.54, 1.807) is 27.1 Å². The van der Waals surface area contributed by atoms with Gasteiger partial charge in [0, 0.05) is 6.42 Å². The molecule has 6 nitrogen and oxygen atoms in total. The van der Waals surface area contributed by atoms with Gasteiger partial charge in [-0.3, -0.25) is 0 Å². The number of aryl methyl sites for hydroxylation is 1. The molecule has 1 aliphatic heterocycles. The van der Waals surface area contributed by atoms with Gasteiger partial charge in [0.2, 0.25) is 0 Å². The molecule has 5 rings (SSSR count). The fourth-order valence-corrected chi connectivity index (χ4v) is 5.03. The van der Waals surface area contributed by atoms with Gasteiger partial charge in [0.05, 0.1) is 23.9 Å². The van der Waals surface area contributed by atoms with E-state index in [0.29, 0.717) is 12.4 Å². The normalized spacial score (nSPS) is 16.8. The van der Waals surface area contributed by atoms with E-state index in [4.69, 9.17) is 9.72 Å². The lowest BCUT2D eigenvalue weighted by atomic mass is 10.1. The fraction of sp³-hybridized carbons (Fsp3) is 0.350. The van der Waals surface area contributed by atoms with Crippen molar-refractivity contribution in [2.75, 3.05) is 13.6 Å². The number of hydrogen-bond acceptors (Lipinski definition) is 5. The topological polar surface area (TPSA) is 56.8 Å². The molecular weight excluding hydrogens is 358 g/mol. The van der Waals surface area contributed by atoms with Crippen LogP contribution < -0.4 is 9.64 Å². The van der Waals surface area contributed by atoms with Crippen LogP contribution in [0, 0.1) is 13.8 Å². The maximum atomic E-state index is 5.99. The molecule has 7 heteroatoms. The lowest BCUT2D eigenvalue weighted by molar-refractivity contribution is -0.895. The summed E-state index contributed by atoms with van der Waals surface area (Å²) in [5.74, 6) is 1.57. The molecule has 0 amide bonds. The summed E-state index contributed by atoms with van der Waals surface area (Å²) in [7, 11) is 2.25. The minimum Gasteiger partial charge on any atom is -0.485 e. The zero-order valence-corrected chi connectivity index (χ0v) is 16.6. The molecule has 0 bridgehead atoms. The molecule has 0 fully saturated rings. The van der Waals surface area contributed by atoms with Crippen LogP contribution in [-0.2, 0) is 19.6 Å². The van der Waals surface area contributed by atoms with Gasteiger partial charge in [0.1, 0.15) is 30.1 Å². The van der Waals surface area contributed by atoms with Gasteiger partial charge in [-0.1, -0.05) is 12.1 Å². The zero-order chi connectivity index (χ0) is 18.5. The SMILES string of the molecule is Cc1cccc(OCc2nc3c4c5c(sc4ncn3n2)C[NH+](C)CC5)c1C. The third-order valence-corrected chi connectivity index (χ3v) is 6.57.